The third kappa shape index (κ3) is 2.58. The zero-order valence-corrected chi connectivity index (χ0v) is 8.04. The van der Waals surface area contributed by atoms with E-state index >= 15 is 0 Å². The van der Waals surface area contributed by atoms with Gasteiger partial charge in [-0.05, 0) is 30.5 Å². The number of methoxy groups -OCH3 is 1. The molecule has 0 radical (unpaired) electrons. The number of hydrogen-bond acceptors (Lipinski definition) is 2. The molecule has 13 heavy (non-hydrogen) atoms. The summed E-state index contributed by atoms with van der Waals surface area (Å²) >= 11 is 0. The lowest BCUT2D eigenvalue weighted by Crippen LogP contribution is -1.91. The summed E-state index contributed by atoms with van der Waals surface area (Å²) in [5.74, 6) is 0.898. The Morgan fingerprint density at radius 2 is 2.23 bits per heavy atom. The lowest BCUT2D eigenvalue weighted by atomic mass is 10.1. The molecule has 0 spiro atoms. The molecule has 0 aromatic heterocycles. The smallest absolute Gasteiger partial charge is 0.121 e. The van der Waals surface area contributed by atoms with Crippen LogP contribution in [-0.2, 0) is 11.2 Å². The van der Waals surface area contributed by atoms with Crippen molar-refractivity contribution in [1.82, 2.24) is 0 Å². The molecule has 0 N–H and O–H groups in total. The molecule has 0 fully saturated rings. The first kappa shape index (κ1) is 9.78. The Kier molecular flexibility index (Phi) is 3.50. The van der Waals surface area contributed by atoms with E-state index in [1.165, 1.54) is 5.56 Å². The molecule has 1 aromatic carbocycles. The molecule has 0 bridgehead atoms. The van der Waals surface area contributed by atoms with E-state index < -0.39 is 0 Å². The van der Waals surface area contributed by atoms with Crippen LogP contribution >= 0.6 is 0 Å². The molecule has 0 amide bonds. The Labute approximate surface area is 78.5 Å². The second-order valence-electron chi connectivity index (χ2n) is 3.01. The standard InChI is InChI=1S/C11H14O2/c1-9-8-10(4-3-7-12)5-6-11(9)13-2/h5-8H,3-4H2,1-2H3. The summed E-state index contributed by atoms with van der Waals surface area (Å²) in [6.45, 7) is 2.00. The summed E-state index contributed by atoms with van der Waals surface area (Å²) in [7, 11) is 1.66. The van der Waals surface area contributed by atoms with Crippen LogP contribution in [0.3, 0.4) is 0 Å². The van der Waals surface area contributed by atoms with Gasteiger partial charge in [-0.25, -0.2) is 0 Å². The number of aldehydes is 1. The molecule has 0 unspecified atom stereocenters. The molecule has 0 atom stereocenters. The molecule has 2 heteroatoms. The molecule has 0 aliphatic rings. The van der Waals surface area contributed by atoms with E-state index in [0.29, 0.717) is 6.42 Å². The zero-order valence-electron chi connectivity index (χ0n) is 8.04. The van der Waals surface area contributed by atoms with Gasteiger partial charge in [-0.15, -0.1) is 0 Å². The number of rotatable bonds is 4. The average Bonchev–Trinajstić information content (AvgIpc) is 2.15. The monoisotopic (exact) mass is 178 g/mol. The van der Waals surface area contributed by atoms with Gasteiger partial charge in [-0.2, -0.15) is 0 Å². The lowest BCUT2D eigenvalue weighted by molar-refractivity contribution is -0.107. The van der Waals surface area contributed by atoms with E-state index in [-0.39, 0.29) is 0 Å². The minimum Gasteiger partial charge on any atom is -0.496 e. The number of ether oxygens (including phenoxy) is 1. The van der Waals surface area contributed by atoms with E-state index in [1.54, 1.807) is 7.11 Å². The number of carbonyl (C=O) groups is 1. The molecule has 0 aliphatic carbocycles. The fourth-order valence-electron chi connectivity index (χ4n) is 1.32. The number of hydrogen-bond donors (Lipinski definition) is 0. The molecule has 0 saturated carbocycles. The van der Waals surface area contributed by atoms with Gasteiger partial charge in [0.25, 0.3) is 0 Å². The number of carbonyl (C=O) groups excluding carboxylic acids is 1. The van der Waals surface area contributed by atoms with Gasteiger partial charge in [0, 0.05) is 6.42 Å². The van der Waals surface area contributed by atoms with Crippen LogP contribution in [0.5, 0.6) is 5.75 Å². The van der Waals surface area contributed by atoms with Crippen LogP contribution in [0.2, 0.25) is 0 Å². The Morgan fingerprint density at radius 3 is 2.77 bits per heavy atom. The maximum Gasteiger partial charge on any atom is 0.121 e. The Hall–Kier alpha value is -1.31. The van der Waals surface area contributed by atoms with Gasteiger partial charge in [0.2, 0.25) is 0 Å². The molecule has 1 aromatic rings. The van der Waals surface area contributed by atoms with Gasteiger partial charge in [-0.3, -0.25) is 0 Å². The van der Waals surface area contributed by atoms with Crippen molar-refractivity contribution in [3.05, 3.63) is 29.3 Å². The Balaban J connectivity index is 2.76. The van der Waals surface area contributed by atoms with Crippen LogP contribution in [0, 0.1) is 6.92 Å². The quantitative estimate of drug-likeness (QED) is 0.660. The highest BCUT2D eigenvalue weighted by Crippen LogP contribution is 2.18. The second kappa shape index (κ2) is 4.65. The van der Waals surface area contributed by atoms with E-state index in [1.807, 2.05) is 19.1 Å². The van der Waals surface area contributed by atoms with E-state index in [9.17, 15) is 4.79 Å². The summed E-state index contributed by atoms with van der Waals surface area (Å²) in [5, 5.41) is 0. The SMILES string of the molecule is COc1ccc(CCC=O)cc1C. The largest absolute Gasteiger partial charge is 0.496 e. The summed E-state index contributed by atoms with van der Waals surface area (Å²) in [6.07, 6.45) is 2.35. The third-order valence-corrected chi connectivity index (χ3v) is 2.01. The summed E-state index contributed by atoms with van der Waals surface area (Å²) in [6, 6.07) is 5.99. The average molecular weight is 178 g/mol. The highest BCUT2D eigenvalue weighted by Gasteiger charge is 1.98. The highest BCUT2D eigenvalue weighted by molar-refractivity contribution is 5.50. The lowest BCUT2D eigenvalue weighted by Gasteiger charge is -2.05. The van der Waals surface area contributed by atoms with E-state index in [0.717, 1.165) is 24.0 Å². The van der Waals surface area contributed by atoms with Crippen molar-refractivity contribution in [3.63, 3.8) is 0 Å². The predicted molar refractivity (Wildman–Crippen MR) is 52.1 cm³/mol. The fourth-order valence-corrected chi connectivity index (χ4v) is 1.32. The molecular weight excluding hydrogens is 164 g/mol. The molecule has 2 nitrogen and oxygen atoms in total. The van der Waals surface area contributed by atoms with Gasteiger partial charge in [0.1, 0.15) is 12.0 Å². The summed E-state index contributed by atoms with van der Waals surface area (Å²) < 4.78 is 5.13. The molecular formula is C11H14O2. The molecule has 1 rings (SSSR count). The summed E-state index contributed by atoms with van der Waals surface area (Å²) in [4.78, 5) is 10.2. The van der Waals surface area contributed by atoms with Crippen LogP contribution in [0.4, 0.5) is 0 Å². The first-order chi connectivity index (χ1) is 6.27. The molecule has 70 valence electrons. The van der Waals surface area contributed by atoms with Gasteiger partial charge in [0.15, 0.2) is 0 Å². The molecule has 0 aliphatic heterocycles. The fraction of sp³-hybridized carbons (Fsp3) is 0.364. The van der Waals surface area contributed by atoms with Crippen molar-refractivity contribution < 1.29 is 9.53 Å². The topological polar surface area (TPSA) is 26.3 Å². The van der Waals surface area contributed by atoms with E-state index in [2.05, 4.69) is 6.07 Å². The van der Waals surface area contributed by atoms with Crippen LogP contribution in [0.25, 0.3) is 0 Å². The molecule has 0 saturated heterocycles. The minimum absolute atomic E-state index is 0.589. The Bertz CT molecular complexity index is 292. The van der Waals surface area contributed by atoms with Gasteiger partial charge in [0.05, 0.1) is 7.11 Å². The molecule has 0 heterocycles. The second-order valence-corrected chi connectivity index (χ2v) is 3.01. The van der Waals surface area contributed by atoms with Crippen LogP contribution in [-0.4, -0.2) is 13.4 Å². The maximum atomic E-state index is 10.2. The first-order valence-corrected chi connectivity index (χ1v) is 4.35. The van der Waals surface area contributed by atoms with Gasteiger partial charge < -0.3 is 9.53 Å². The van der Waals surface area contributed by atoms with Crippen LogP contribution in [0.15, 0.2) is 18.2 Å². The number of aryl methyl sites for hydroxylation is 2. The van der Waals surface area contributed by atoms with Crippen molar-refractivity contribution >= 4 is 6.29 Å². The van der Waals surface area contributed by atoms with Crippen molar-refractivity contribution in [2.45, 2.75) is 19.8 Å². The Morgan fingerprint density at radius 1 is 1.46 bits per heavy atom. The maximum absolute atomic E-state index is 10.2. The first-order valence-electron chi connectivity index (χ1n) is 4.35. The van der Waals surface area contributed by atoms with Crippen molar-refractivity contribution in [2.24, 2.45) is 0 Å². The van der Waals surface area contributed by atoms with Crippen molar-refractivity contribution in [1.29, 1.82) is 0 Å². The zero-order chi connectivity index (χ0) is 9.68. The summed E-state index contributed by atoms with van der Waals surface area (Å²) in [5.41, 5.74) is 2.30. The minimum atomic E-state index is 0.589. The van der Waals surface area contributed by atoms with Crippen molar-refractivity contribution in [3.8, 4) is 5.75 Å². The third-order valence-electron chi connectivity index (χ3n) is 2.01. The number of benzene rings is 1. The van der Waals surface area contributed by atoms with Crippen LogP contribution < -0.4 is 4.74 Å². The highest BCUT2D eigenvalue weighted by atomic mass is 16.5. The predicted octanol–water partition coefficient (Wildman–Crippen LogP) is 2.14. The van der Waals surface area contributed by atoms with Gasteiger partial charge >= 0.3 is 0 Å². The normalized spacial score (nSPS) is 9.69. The van der Waals surface area contributed by atoms with Crippen LogP contribution in [0.1, 0.15) is 17.5 Å². The van der Waals surface area contributed by atoms with Crippen molar-refractivity contribution in [2.75, 3.05) is 7.11 Å². The van der Waals surface area contributed by atoms with E-state index in [4.69, 9.17) is 4.74 Å². The van der Waals surface area contributed by atoms with Gasteiger partial charge in [-0.1, -0.05) is 12.1 Å².